The van der Waals surface area contributed by atoms with Gasteiger partial charge in [0.25, 0.3) is 5.56 Å². The van der Waals surface area contributed by atoms with Crippen molar-refractivity contribution >= 4 is 22.7 Å². The Morgan fingerprint density at radius 3 is 2.73 bits per heavy atom. The van der Waals surface area contributed by atoms with Crippen LogP contribution in [0.1, 0.15) is 11.1 Å². The largest absolute Gasteiger partial charge is 0.334 e. The van der Waals surface area contributed by atoms with Gasteiger partial charge in [-0.3, -0.25) is 4.79 Å². The van der Waals surface area contributed by atoms with Crippen LogP contribution < -0.4 is 11.4 Å². The second kappa shape index (κ2) is 6.23. The van der Waals surface area contributed by atoms with Crippen LogP contribution in [0.5, 0.6) is 0 Å². The van der Waals surface area contributed by atoms with Crippen molar-refractivity contribution in [3.63, 3.8) is 0 Å². The first-order chi connectivity index (χ1) is 10.6. The Kier molecular flexibility index (Phi) is 4.15. The van der Waals surface area contributed by atoms with Gasteiger partial charge in [0.1, 0.15) is 0 Å². The van der Waals surface area contributed by atoms with Crippen molar-refractivity contribution in [1.29, 1.82) is 0 Å². The summed E-state index contributed by atoms with van der Waals surface area (Å²) < 4.78 is 1.15. The second-order valence-electron chi connectivity index (χ2n) is 5.17. The van der Waals surface area contributed by atoms with E-state index in [0.29, 0.717) is 16.1 Å². The maximum atomic E-state index is 12.3. The summed E-state index contributed by atoms with van der Waals surface area (Å²) in [5.41, 5.74) is 2.78. The number of nitrogens with zero attached hydrogens (tertiary/aromatic N) is 2. The van der Waals surface area contributed by atoms with Gasteiger partial charge in [-0.2, -0.15) is 0 Å². The van der Waals surface area contributed by atoms with E-state index in [9.17, 15) is 4.79 Å². The zero-order valence-corrected chi connectivity index (χ0v) is 13.1. The molecule has 0 saturated carbocycles. The number of nitrogen functional groups attached to an aromatic ring is 1. The minimum atomic E-state index is -0.198. The Labute approximate surface area is 133 Å². The average Bonchev–Trinajstić information content (AvgIpc) is 2.54. The van der Waals surface area contributed by atoms with Crippen LogP contribution in [-0.2, 0) is 6.42 Å². The molecule has 0 aliphatic heterocycles. The van der Waals surface area contributed by atoms with Crippen molar-refractivity contribution < 1.29 is 0 Å². The van der Waals surface area contributed by atoms with E-state index in [1.54, 1.807) is 0 Å². The molecule has 22 heavy (non-hydrogen) atoms. The predicted octanol–water partition coefficient (Wildman–Crippen LogP) is 2.75. The zero-order chi connectivity index (χ0) is 15.5. The SMILES string of the molecule is Cc1ccc2nc(SCCc3ccccc3)n(N)c(=O)c2c1. The number of aryl methyl sites for hydroxylation is 2. The van der Waals surface area contributed by atoms with Crippen LogP contribution in [0.2, 0.25) is 0 Å². The fourth-order valence-electron chi connectivity index (χ4n) is 2.30. The van der Waals surface area contributed by atoms with E-state index in [-0.39, 0.29) is 5.56 Å². The monoisotopic (exact) mass is 311 g/mol. The molecular weight excluding hydrogens is 294 g/mol. The van der Waals surface area contributed by atoms with Gasteiger partial charge < -0.3 is 5.84 Å². The lowest BCUT2D eigenvalue weighted by Crippen LogP contribution is -2.29. The van der Waals surface area contributed by atoms with E-state index in [4.69, 9.17) is 5.84 Å². The summed E-state index contributed by atoms with van der Waals surface area (Å²) >= 11 is 1.50. The van der Waals surface area contributed by atoms with E-state index in [1.165, 1.54) is 17.3 Å². The number of nitrogens with two attached hydrogens (primary N) is 1. The molecule has 1 aromatic heterocycles. The molecule has 3 aromatic rings. The third-order valence-electron chi connectivity index (χ3n) is 3.49. The Morgan fingerprint density at radius 2 is 1.95 bits per heavy atom. The van der Waals surface area contributed by atoms with Gasteiger partial charge in [0.15, 0.2) is 5.16 Å². The van der Waals surface area contributed by atoms with Gasteiger partial charge in [0.2, 0.25) is 0 Å². The molecule has 0 spiro atoms. The molecule has 0 radical (unpaired) electrons. The third kappa shape index (κ3) is 2.99. The molecule has 112 valence electrons. The van der Waals surface area contributed by atoms with Crippen LogP contribution in [-0.4, -0.2) is 15.4 Å². The molecule has 0 saturated heterocycles. The van der Waals surface area contributed by atoms with Crippen LogP contribution in [0.4, 0.5) is 0 Å². The van der Waals surface area contributed by atoms with Crippen LogP contribution >= 0.6 is 11.8 Å². The smallest absolute Gasteiger partial charge is 0.280 e. The summed E-state index contributed by atoms with van der Waals surface area (Å²) in [5, 5.41) is 1.12. The molecule has 0 aliphatic carbocycles. The maximum Gasteiger partial charge on any atom is 0.280 e. The van der Waals surface area contributed by atoms with Crippen molar-refractivity contribution in [3.05, 3.63) is 70.0 Å². The molecule has 5 heteroatoms. The minimum absolute atomic E-state index is 0.198. The average molecular weight is 311 g/mol. The molecule has 0 unspecified atom stereocenters. The van der Waals surface area contributed by atoms with Crippen LogP contribution in [0.3, 0.4) is 0 Å². The molecule has 3 rings (SSSR count). The molecule has 0 fully saturated rings. The highest BCUT2D eigenvalue weighted by molar-refractivity contribution is 7.99. The number of aromatic nitrogens is 2. The topological polar surface area (TPSA) is 60.9 Å². The fourth-order valence-corrected chi connectivity index (χ4v) is 3.20. The lowest BCUT2D eigenvalue weighted by Gasteiger charge is -2.08. The van der Waals surface area contributed by atoms with Gasteiger partial charge in [0, 0.05) is 5.75 Å². The summed E-state index contributed by atoms with van der Waals surface area (Å²) in [6.45, 7) is 1.95. The van der Waals surface area contributed by atoms with Gasteiger partial charge in [-0.1, -0.05) is 53.7 Å². The molecule has 2 N–H and O–H groups in total. The highest BCUT2D eigenvalue weighted by Crippen LogP contribution is 2.18. The second-order valence-corrected chi connectivity index (χ2v) is 6.24. The van der Waals surface area contributed by atoms with Crippen molar-refractivity contribution in [1.82, 2.24) is 9.66 Å². The molecular formula is C17H17N3OS. The third-order valence-corrected chi connectivity index (χ3v) is 4.44. The summed E-state index contributed by atoms with van der Waals surface area (Å²) in [6.07, 6.45) is 0.910. The fraction of sp³-hybridized carbons (Fsp3) is 0.176. The van der Waals surface area contributed by atoms with Gasteiger partial charge in [-0.15, -0.1) is 0 Å². The number of thioether (sulfide) groups is 1. The normalized spacial score (nSPS) is 11.0. The number of benzene rings is 2. The summed E-state index contributed by atoms with van der Waals surface area (Å²) in [6, 6.07) is 15.9. The lowest BCUT2D eigenvalue weighted by molar-refractivity contribution is 0.779. The van der Waals surface area contributed by atoms with E-state index in [2.05, 4.69) is 17.1 Å². The van der Waals surface area contributed by atoms with Crippen LogP contribution in [0.15, 0.2) is 58.5 Å². The van der Waals surface area contributed by atoms with Gasteiger partial charge >= 0.3 is 0 Å². The Bertz CT molecular complexity index is 859. The Balaban J connectivity index is 1.83. The number of hydrogen-bond donors (Lipinski definition) is 1. The van der Waals surface area contributed by atoms with Gasteiger partial charge in [-0.25, -0.2) is 9.66 Å². The molecule has 1 heterocycles. The highest BCUT2D eigenvalue weighted by Gasteiger charge is 2.09. The maximum absolute atomic E-state index is 12.3. The van der Waals surface area contributed by atoms with Crippen molar-refractivity contribution in [2.75, 3.05) is 11.6 Å². The Morgan fingerprint density at radius 1 is 1.18 bits per heavy atom. The van der Waals surface area contributed by atoms with Gasteiger partial charge in [0.05, 0.1) is 10.9 Å². The van der Waals surface area contributed by atoms with Crippen LogP contribution in [0.25, 0.3) is 10.9 Å². The first-order valence-electron chi connectivity index (χ1n) is 7.10. The van der Waals surface area contributed by atoms with Crippen molar-refractivity contribution in [3.8, 4) is 0 Å². The number of fused-ring (bicyclic) bond motifs is 1. The summed E-state index contributed by atoms with van der Waals surface area (Å²) in [5.74, 6) is 6.72. The molecule has 0 amide bonds. The quantitative estimate of drug-likeness (QED) is 0.457. The minimum Gasteiger partial charge on any atom is -0.334 e. The first-order valence-corrected chi connectivity index (χ1v) is 8.09. The van der Waals surface area contributed by atoms with Gasteiger partial charge in [-0.05, 0) is 31.0 Å². The number of rotatable bonds is 4. The summed E-state index contributed by atoms with van der Waals surface area (Å²) in [4.78, 5) is 16.8. The first kappa shape index (κ1) is 14.7. The zero-order valence-electron chi connectivity index (χ0n) is 12.3. The molecule has 0 aliphatic rings. The standard InChI is InChI=1S/C17H17N3OS/c1-12-7-8-15-14(11-12)16(21)20(18)17(19-15)22-10-9-13-5-3-2-4-6-13/h2-8,11H,9-10,18H2,1H3. The van der Waals surface area contributed by atoms with Crippen LogP contribution in [0, 0.1) is 6.92 Å². The van der Waals surface area contributed by atoms with E-state index >= 15 is 0 Å². The molecule has 0 bridgehead atoms. The van der Waals surface area contributed by atoms with E-state index in [1.807, 2.05) is 43.3 Å². The highest BCUT2D eigenvalue weighted by atomic mass is 32.2. The van der Waals surface area contributed by atoms with Crippen molar-refractivity contribution in [2.45, 2.75) is 18.5 Å². The predicted molar refractivity (Wildman–Crippen MR) is 91.8 cm³/mol. The van der Waals surface area contributed by atoms with E-state index in [0.717, 1.165) is 22.4 Å². The lowest BCUT2D eigenvalue weighted by atomic mass is 10.2. The number of hydrogen-bond acceptors (Lipinski definition) is 4. The Hall–Kier alpha value is -2.27. The van der Waals surface area contributed by atoms with Crippen molar-refractivity contribution in [2.24, 2.45) is 0 Å². The molecule has 2 aromatic carbocycles. The summed E-state index contributed by atoms with van der Waals surface area (Å²) in [7, 11) is 0. The molecule has 4 nitrogen and oxygen atoms in total. The molecule has 0 atom stereocenters. The van der Waals surface area contributed by atoms with E-state index < -0.39 is 0 Å².